The highest BCUT2D eigenvalue weighted by atomic mass is 16.6. The summed E-state index contributed by atoms with van der Waals surface area (Å²) in [6.45, 7) is 8.24. The maximum absolute atomic E-state index is 11.8. The van der Waals surface area contributed by atoms with E-state index >= 15 is 0 Å². The number of hydrogen-bond donors (Lipinski definition) is 0. The van der Waals surface area contributed by atoms with Crippen LogP contribution < -0.4 is 0 Å². The van der Waals surface area contributed by atoms with E-state index in [4.69, 9.17) is 33.2 Å². The monoisotopic (exact) mass is 440 g/mol. The van der Waals surface area contributed by atoms with Crippen molar-refractivity contribution in [1.29, 1.82) is 0 Å². The molecule has 0 fully saturated rings. The molecule has 0 amide bonds. The van der Waals surface area contributed by atoms with E-state index in [1.807, 2.05) is 0 Å². The topological polar surface area (TPSA) is 98.8 Å². The number of carbonyl (C=O) groups excluding carboxylic acids is 2. The maximum atomic E-state index is 11.8. The third-order valence-corrected chi connectivity index (χ3v) is 3.63. The number of ketones is 1. The molecule has 9 nitrogen and oxygen atoms in total. The largest absolute Gasteiger partial charge is 0.499 e. The van der Waals surface area contributed by atoms with Gasteiger partial charge < -0.3 is 33.2 Å². The van der Waals surface area contributed by atoms with E-state index in [0.29, 0.717) is 71.6 Å². The van der Waals surface area contributed by atoms with Gasteiger partial charge in [-0.25, -0.2) is 4.79 Å². The molecule has 0 heterocycles. The molecule has 0 aliphatic heterocycles. The van der Waals surface area contributed by atoms with Crippen LogP contribution in [0.1, 0.15) is 10.4 Å². The number of esters is 1. The molecule has 0 spiro atoms. The molecular weight excluding hydrogens is 408 g/mol. The molecule has 0 aliphatic carbocycles. The van der Waals surface area contributed by atoms with E-state index in [1.165, 1.54) is 6.26 Å². The van der Waals surface area contributed by atoms with Crippen LogP contribution in [0.15, 0.2) is 43.2 Å². The summed E-state index contributed by atoms with van der Waals surface area (Å²) in [7, 11) is 0. The number of carbonyl (C=O) groups is 2. The molecule has 0 saturated heterocycles. The van der Waals surface area contributed by atoms with E-state index in [9.17, 15) is 9.59 Å². The second-order valence-corrected chi connectivity index (χ2v) is 5.93. The van der Waals surface area contributed by atoms with Gasteiger partial charge in [-0.05, 0) is 0 Å². The molecular formula is C22H32O9. The summed E-state index contributed by atoms with van der Waals surface area (Å²) in [6.07, 6.45) is 1.38. The van der Waals surface area contributed by atoms with Gasteiger partial charge in [0.15, 0.2) is 0 Å². The van der Waals surface area contributed by atoms with E-state index in [0.717, 1.165) is 0 Å². The van der Waals surface area contributed by atoms with Crippen LogP contribution in [0.5, 0.6) is 0 Å². The molecule has 1 aromatic carbocycles. The molecule has 174 valence electrons. The standard InChI is InChI=1S/C22H32O9/c1-2-25-8-9-26-10-11-27-12-13-28-14-15-29-16-17-30-18-19-31-22(24)21(23)20-6-4-3-5-7-20/h2-7H,1,8-19H2. The van der Waals surface area contributed by atoms with Crippen molar-refractivity contribution in [1.82, 2.24) is 0 Å². The summed E-state index contributed by atoms with van der Waals surface area (Å²) in [5.74, 6) is -1.56. The van der Waals surface area contributed by atoms with Crippen molar-refractivity contribution in [2.45, 2.75) is 0 Å². The first-order valence-corrected chi connectivity index (χ1v) is 10.1. The van der Waals surface area contributed by atoms with Crippen molar-refractivity contribution < 1.29 is 42.7 Å². The lowest BCUT2D eigenvalue weighted by Gasteiger charge is -2.08. The van der Waals surface area contributed by atoms with Gasteiger partial charge in [0.2, 0.25) is 0 Å². The van der Waals surface area contributed by atoms with E-state index < -0.39 is 11.8 Å². The van der Waals surface area contributed by atoms with Gasteiger partial charge in [0, 0.05) is 5.56 Å². The number of ether oxygens (including phenoxy) is 7. The summed E-state index contributed by atoms with van der Waals surface area (Å²) >= 11 is 0. The Morgan fingerprint density at radius 3 is 1.52 bits per heavy atom. The Balaban J connectivity index is 1.78. The second-order valence-electron chi connectivity index (χ2n) is 5.93. The van der Waals surface area contributed by atoms with Crippen molar-refractivity contribution in [2.24, 2.45) is 0 Å². The Hall–Kier alpha value is -2.30. The summed E-state index contributed by atoms with van der Waals surface area (Å²) < 4.78 is 36.4. The Morgan fingerprint density at radius 2 is 1.06 bits per heavy atom. The van der Waals surface area contributed by atoms with Crippen LogP contribution in [0.2, 0.25) is 0 Å². The lowest BCUT2D eigenvalue weighted by molar-refractivity contribution is -0.139. The van der Waals surface area contributed by atoms with Gasteiger partial charge in [0.25, 0.3) is 5.78 Å². The normalized spacial score (nSPS) is 10.6. The maximum Gasteiger partial charge on any atom is 0.379 e. The molecule has 0 unspecified atom stereocenters. The number of benzene rings is 1. The predicted molar refractivity (Wildman–Crippen MR) is 112 cm³/mol. The Morgan fingerprint density at radius 1 is 0.645 bits per heavy atom. The lowest BCUT2D eigenvalue weighted by Crippen LogP contribution is -2.20. The zero-order chi connectivity index (χ0) is 22.4. The van der Waals surface area contributed by atoms with Gasteiger partial charge in [-0.15, -0.1) is 0 Å². The van der Waals surface area contributed by atoms with E-state index in [-0.39, 0.29) is 13.2 Å². The van der Waals surface area contributed by atoms with Crippen molar-refractivity contribution in [3.8, 4) is 0 Å². The van der Waals surface area contributed by atoms with Gasteiger partial charge in [-0.1, -0.05) is 36.9 Å². The van der Waals surface area contributed by atoms with Gasteiger partial charge >= 0.3 is 5.97 Å². The van der Waals surface area contributed by atoms with E-state index in [2.05, 4.69) is 6.58 Å². The molecule has 1 rings (SSSR count). The Bertz CT molecular complexity index is 592. The SMILES string of the molecule is C=COCCOCCOCCOCCOCCOCCOC(=O)C(=O)c1ccccc1. The third kappa shape index (κ3) is 15.2. The molecule has 0 saturated carbocycles. The highest BCUT2D eigenvalue weighted by Gasteiger charge is 2.16. The fraction of sp³-hybridized carbons (Fsp3) is 0.545. The zero-order valence-corrected chi connectivity index (χ0v) is 17.8. The van der Waals surface area contributed by atoms with Crippen LogP contribution in [-0.2, 0) is 38.0 Å². The van der Waals surface area contributed by atoms with Gasteiger partial charge in [-0.3, -0.25) is 4.79 Å². The average Bonchev–Trinajstić information content (AvgIpc) is 2.80. The van der Waals surface area contributed by atoms with Crippen LogP contribution in [0.4, 0.5) is 0 Å². The van der Waals surface area contributed by atoms with Crippen LogP contribution in [0.25, 0.3) is 0 Å². The van der Waals surface area contributed by atoms with Crippen molar-refractivity contribution in [3.05, 3.63) is 48.7 Å². The molecule has 0 aromatic heterocycles. The number of Topliss-reactive ketones (excluding diaryl/α,β-unsaturated/α-hetero) is 1. The minimum atomic E-state index is -0.891. The van der Waals surface area contributed by atoms with Crippen LogP contribution in [0, 0.1) is 0 Å². The molecule has 0 aliphatic rings. The summed E-state index contributed by atoms with van der Waals surface area (Å²) in [5, 5.41) is 0. The first-order chi connectivity index (χ1) is 15.3. The van der Waals surface area contributed by atoms with Crippen LogP contribution >= 0.6 is 0 Å². The van der Waals surface area contributed by atoms with Crippen LogP contribution in [0.3, 0.4) is 0 Å². The quantitative estimate of drug-likeness (QED) is 0.0929. The molecule has 1 aromatic rings. The Kier molecular flexibility index (Phi) is 16.9. The summed E-state index contributed by atoms with van der Waals surface area (Å²) in [6, 6.07) is 8.26. The predicted octanol–water partition coefficient (Wildman–Crippen LogP) is 1.66. The second kappa shape index (κ2) is 19.7. The molecule has 31 heavy (non-hydrogen) atoms. The third-order valence-electron chi connectivity index (χ3n) is 3.63. The first kappa shape index (κ1) is 26.7. The lowest BCUT2D eigenvalue weighted by atomic mass is 10.1. The summed E-state index contributed by atoms with van der Waals surface area (Å²) in [4.78, 5) is 23.4. The molecule has 0 radical (unpaired) electrons. The highest BCUT2D eigenvalue weighted by molar-refractivity contribution is 6.40. The number of hydrogen-bond acceptors (Lipinski definition) is 9. The van der Waals surface area contributed by atoms with Crippen molar-refractivity contribution in [3.63, 3.8) is 0 Å². The van der Waals surface area contributed by atoms with Crippen molar-refractivity contribution in [2.75, 3.05) is 79.3 Å². The molecule has 0 bridgehead atoms. The molecule has 0 atom stereocenters. The summed E-state index contributed by atoms with van der Waals surface area (Å²) in [5.41, 5.74) is 0.301. The molecule has 0 N–H and O–H groups in total. The van der Waals surface area contributed by atoms with Gasteiger partial charge in [-0.2, -0.15) is 0 Å². The van der Waals surface area contributed by atoms with Crippen molar-refractivity contribution >= 4 is 11.8 Å². The van der Waals surface area contributed by atoms with Gasteiger partial charge in [0.05, 0.1) is 72.3 Å². The Labute approximate surface area is 183 Å². The highest BCUT2D eigenvalue weighted by Crippen LogP contribution is 2.01. The average molecular weight is 440 g/mol. The smallest absolute Gasteiger partial charge is 0.379 e. The van der Waals surface area contributed by atoms with Gasteiger partial charge in [0.1, 0.15) is 13.2 Å². The molecule has 9 heteroatoms. The zero-order valence-electron chi connectivity index (χ0n) is 17.8. The fourth-order valence-electron chi connectivity index (χ4n) is 2.14. The minimum absolute atomic E-state index is 0.00809. The first-order valence-electron chi connectivity index (χ1n) is 10.1. The van der Waals surface area contributed by atoms with E-state index in [1.54, 1.807) is 30.3 Å². The number of rotatable bonds is 21. The fourth-order valence-corrected chi connectivity index (χ4v) is 2.14. The van der Waals surface area contributed by atoms with Crippen LogP contribution in [-0.4, -0.2) is 91.0 Å². The minimum Gasteiger partial charge on any atom is -0.499 e.